The molecule has 4 nitrogen and oxygen atoms in total. The molecule has 1 aliphatic rings. The number of carbonyl (C=O) groups is 1. The molecule has 0 bridgehead atoms. The molecule has 0 aromatic heterocycles. The lowest BCUT2D eigenvalue weighted by Gasteiger charge is -2.40. The summed E-state index contributed by atoms with van der Waals surface area (Å²) in [7, 11) is 0. The largest absolute Gasteiger partial charge is 0.508 e. The highest BCUT2D eigenvalue weighted by Gasteiger charge is 2.44. The van der Waals surface area contributed by atoms with Gasteiger partial charge < -0.3 is 10.2 Å². The molecule has 0 amide bonds. The summed E-state index contributed by atoms with van der Waals surface area (Å²) in [5, 5.41) is 19.3. The Morgan fingerprint density at radius 3 is 2.15 bits per heavy atom. The summed E-state index contributed by atoms with van der Waals surface area (Å²) in [4.78, 5) is 14.2. The van der Waals surface area contributed by atoms with Gasteiger partial charge in [0, 0.05) is 0 Å². The van der Waals surface area contributed by atoms with Crippen LogP contribution in [-0.4, -0.2) is 34.2 Å². The van der Waals surface area contributed by atoms with Crippen LogP contribution in [0, 0.1) is 0 Å². The fraction of sp³-hybridized carbons (Fsp3) is 0.562. The molecule has 1 aliphatic heterocycles. The van der Waals surface area contributed by atoms with Gasteiger partial charge in [-0.3, -0.25) is 4.90 Å². The van der Waals surface area contributed by atoms with Crippen molar-refractivity contribution in [1.82, 2.24) is 4.90 Å². The zero-order valence-corrected chi connectivity index (χ0v) is 12.0. The van der Waals surface area contributed by atoms with Gasteiger partial charge in [0.1, 0.15) is 11.3 Å². The van der Waals surface area contributed by atoms with Crippen LogP contribution in [-0.2, 0) is 10.3 Å². The van der Waals surface area contributed by atoms with E-state index in [9.17, 15) is 15.0 Å². The maximum absolute atomic E-state index is 12.0. The number of hydrogen-bond donors (Lipinski definition) is 2. The molecule has 1 unspecified atom stereocenters. The van der Waals surface area contributed by atoms with E-state index in [0.717, 1.165) is 31.5 Å². The molecule has 1 aromatic carbocycles. The first kappa shape index (κ1) is 14.9. The number of phenolic OH excluding ortho intramolecular Hbond substituents is 1. The highest BCUT2D eigenvalue weighted by atomic mass is 16.4. The molecule has 1 aromatic rings. The second-order valence-electron chi connectivity index (χ2n) is 5.47. The van der Waals surface area contributed by atoms with Crippen LogP contribution in [0.5, 0.6) is 5.75 Å². The number of carboxylic acids is 1. The summed E-state index contributed by atoms with van der Waals surface area (Å²) < 4.78 is 0. The number of hydrogen-bond acceptors (Lipinski definition) is 3. The van der Waals surface area contributed by atoms with Crippen LogP contribution in [0.4, 0.5) is 0 Å². The van der Waals surface area contributed by atoms with Gasteiger partial charge in [-0.15, -0.1) is 0 Å². The van der Waals surface area contributed by atoms with Crippen LogP contribution in [0.2, 0.25) is 0 Å². The highest BCUT2D eigenvalue weighted by Crippen LogP contribution is 2.35. The fourth-order valence-corrected chi connectivity index (χ4v) is 3.21. The summed E-state index contributed by atoms with van der Waals surface area (Å²) in [5.41, 5.74) is -0.217. The maximum atomic E-state index is 12.0. The highest BCUT2D eigenvalue weighted by molar-refractivity contribution is 5.80. The molecule has 20 heavy (non-hydrogen) atoms. The Morgan fingerprint density at radius 1 is 1.15 bits per heavy atom. The number of rotatable bonds is 4. The summed E-state index contributed by atoms with van der Waals surface area (Å²) in [6.07, 6.45) is 4.96. The summed E-state index contributed by atoms with van der Waals surface area (Å²) >= 11 is 0. The smallest absolute Gasteiger partial charge is 0.328 e. The lowest BCUT2D eigenvalue weighted by Crippen LogP contribution is -2.52. The number of aromatic hydroxyl groups is 1. The number of phenols is 1. The fourth-order valence-electron chi connectivity index (χ4n) is 3.21. The Kier molecular flexibility index (Phi) is 4.65. The first-order valence-electron chi connectivity index (χ1n) is 7.39. The summed E-state index contributed by atoms with van der Waals surface area (Å²) in [6.45, 7) is 3.56. The van der Waals surface area contributed by atoms with Crippen molar-refractivity contribution in [2.45, 2.75) is 44.6 Å². The first-order chi connectivity index (χ1) is 9.61. The van der Waals surface area contributed by atoms with Gasteiger partial charge in [0.2, 0.25) is 0 Å². The van der Waals surface area contributed by atoms with Crippen LogP contribution in [0.25, 0.3) is 0 Å². The molecule has 2 N–H and O–H groups in total. The predicted molar refractivity (Wildman–Crippen MR) is 77.8 cm³/mol. The minimum atomic E-state index is -0.974. The van der Waals surface area contributed by atoms with E-state index in [1.165, 1.54) is 12.8 Å². The van der Waals surface area contributed by atoms with Crippen LogP contribution < -0.4 is 0 Å². The van der Waals surface area contributed by atoms with E-state index >= 15 is 0 Å². The van der Waals surface area contributed by atoms with Crippen molar-refractivity contribution in [2.24, 2.45) is 0 Å². The third kappa shape index (κ3) is 2.66. The second-order valence-corrected chi connectivity index (χ2v) is 5.47. The first-order valence-corrected chi connectivity index (χ1v) is 7.39. The average molecular weight is 277 g/mol. The minimum Gasteiger partial charge on any atom is -0.508 e. The van der Waals surface area contributed by atoms with E-state index < -0.39 is 11.5 Å². The number of benzene rings is 1. The van der Waals surface area contributed by atoms with Crippen molar-refractivity contribution < 1.29 is 15.0 Å². The normalized spacial score (nSPS) is 20.1. The van der Waals surface area contributed by atoms with Gasteiger partial charge in [0.25, 0.3) is 0 Å². The number of likely N-dealkylation sites (tertiary alicyclic amines) is 1. The molecule has 1 atom stereocenters. The summed E-state index contributed by atoms with van der Waals surface area (Å²) in [6, 6.07) is 6.61. The number of nitrogens with zero attached hydrogens (tertiary/aromatic N) is 1. The molecule has 0 saturated carbocycles. The van der Waals surface area contributed by atoms with Gasteiger partial charge in [0.05, 0.1) is 0 Å². The van der Waals surface area contributed by atoms with Gasteiger partial charge in [-0.2, -0.15) is 0 Å². The Bertz CT molecular complexity index is 449. The molecule has 0 radical (unpaired) electrons. The molecular weight excluding hydrogens is 254 g/mol. The third-order valence-corrected chi connectivity index (χ3v) is 4.36. The van der Waals surface area contributed by atoms with Crippen molar-refractivity contribution in [3.05, 3.63) is 29.8 Å². The zero-order valence-electron chi connectivity index (χ0n) is 12.0. The van der Waals surface area contributed by atoms with Crippen LogP contribution in [0.15, 0.2) is 24.3 Å². The van der Waals surface area contributed by atoms with Gasteiger partial charge >= 0.3 is 5.97 Å². The topological polar surface area (TPSA) is 60.8 Å². The van der Waals surface area contributed by atoms with E-state index in [1.54, 1.807) is 24.3 Å². The van der Waals surface area contributed by atoms with Gasteiger partial charge in [-0.05, 0) is 50.0 Å². The van der Waals surface area contributed by atoms with Gasteiger partial charge in [-0.1, -0.05) is 31.9 Å². The minimum absolute atomic E-state index is 0.167. The quantitative estimate of drug-likeness (QED) is 0.888. The maximum Gasteiger partial charge on any atom is 0.328 e. The van der Waals surface area contributed by atoms with Gasteiger partial charge in [0.15, 0.2) is 0 Å². The second kappa shape index (κ2) is 6.27. The molecule has 0 aliphatic carbocycles. The monoisotopic (exact) mass is 277 g/mol. The molecular formula is C16H23NO3. The molecule has 110 valence electrons. The van der Waals surface area contributed by atoms with Crippen molar-refractivity contribution in [3.63, 3.8) is 0 Å². The van der Waals surface area contributed by atoms with E-state index in [0.29, 0.717) is 6.42 Å². The van der Waals surface area contributed by atoms with Gasteiger partial charge in [-0.25, -0.2) is 4.79 Å². The zero-order chi connectivity index (χ0) is 14.6. The molecule has 0 spiro atoms. The lowest BCUT2D eigenvalue weighted by atomic mass is 9.85. The number of carboxylic acid groups (broad SMARTS) is 1. The van der Waals surface area contributed by atoms with Crippen LogP contribution >= 0.6 is 0 Å². The Balaban J connectivity index is 2.43. The Morgan fingerprint density at radius 2 is 1.70 bits per heavy atom. The Hall–Kier alpha value is -1.55. The van der Waals surface area contributed by atoms with Crippen molar-refractivity contribution in [3.8, 4) is 5.75 Å². The average Bonchev–Trinajstić information content (AvgIpc) is 2.71. The third-order valence-electron chi connectivity index (χ3n) is 4.36. The molecule has 2 rings (SSSR count). The van der Waals surface area contributed by atoms with Crippen molar-refractivity contribution >= 4 is 5.97 Å². The molecule has 1 saturated heterocycles. The molecule has 4 heteroatoms. The van der Waals surface area contributed by atoms with E-state index in [-0.39, 0.29) is 5.75 Å². The Labute approximate surface area is 120 Å². The van der Waals surface area contributed by atoms with E-state index in [4.69, 9.17) is 0 Å². The van der Waals surface area contributed by atoms with Crippen LogP contribution in [0.3, 0.4) is 0 Å². The standard InChI is InChI=1S/C16H23NO3/c1-2-16(15(19)20,13-7-9-14(18)10-8-13)17-11-5-3-4-6-12-17/h7-10,18H,2-6,11-12H2,1H3,(H,19,20). The summed E-state index contributed by atoms with van der Waals surface area (Å²) in [5.74, 6) is -0.632. The van der Waals surface area contributed by atoms with Crippen molar-refractivity contribution in [1.29, 1.82) is 0 Å². The molecule has 1 heterocycles. The predicted octanol–water partition coefficient (Wildman–Crippen LogP) is 2.96. The van der Waals surface area contributed by atoms with Crippen molar-refractivity contribution in [2.75, 3.05) is 13.1 Å². The lowest BCUT2D eigenvalue weighted by molar-refractivity contribution is -0.153. The molecule has 1 fully saturated rings. The van der Waals surface area contributed by atoms with Crippen LogP contribution in [0.1, 0.15) is 44.6 Å². The van der Waals surface area contributed by atoms with E-state index in [1.807, 2.05) is 6.92 Å². The van der Waals surface area contributed by atoms with E-state index in [2.05, 4.69) is 4.90 Å². The number of aliphatic carboxylic acids is 1. The SMILES string of the molecule is CCC(C(=O)O)(c1ccc(O)cc1)N1CCCCCC1.